The summed E-state index contributed by atoms with van der Waals surface area (Å²) in [6, 6.07) is 3.53. The molecule has 2 atom stereocenters. The van der Waals surface area contributed by atoms with E-state index < -0.39 is 11.7 Å². The van der Waals surface area contributed by atoms with E-state index in [9.17, 15) is 5.11 Å². The van der Waals surface area contributed by atoms with Crippen LogP contribution in [0.5, 0.6) is 0 Å². The summed E-state index contributed by atoms with van der Waals surface area (Å²) in [6.45, 7) is 6.39. The lowest BCUT2D eigenvalue weighted by Crippen LogP contribution is -2.35. The zero-order chi connectivity index (χ0) is 10.6. The Bertz CT molecular complexity index is 256. The highest BCUT2D eigenvalue weighted by atomic mass is 16.5. The maximum atomic E-state index is 10.0. The largest absolute Gasteiger partial charge is 0.466 e. The molecule has 0 aliphatic carbocycles. The van der Waals surface area contributed by atoms with Gasteiger partial charge >= 0.3 is 0 Å². The number of aliphatic hydroxyl groups excluding tert-OH is 1. The number of hydrogen-bond acceptors (Lipinski definition) is 3. The van der Waals surface area contributed by atoms with Crippen molar-refractivity contribution in [2.75, 3.05) is 6.61 Å². The summed E-state index contributed by atoms with van der Waals surface area (Å²) in [5.74, 6) is 0.558. The summed E-state index contributed by atoms with van der Waals surface area (Å²) in [5, 5.41) is 10.0. The first kappa shape index (κ1) is 11.3. The molecule has 3 nitrogen and oxygen atoms in total. The van der Waals surface area contributed by atoms with Crippen LogP contribution in [0.25, 0.3) is 0 Å². The van der Waals surface area contributed by atoms with E-state index in [1.54, 1.807) is 18.4 Å². The summed E-state index contributed by atoms with van der Waals surface area (Å²) in [6.07, 6.45) is 1.59. The fraction of sp³-hybridized carbons (Fsp3) is 0.636. The maximum Gasteiger partial charge on any atom is 0.140 e. The van der Waals surface area contributed by atoms with Gasteiger partial charge in [0.15, 0.2) is 0 Å². The molecule has 80 valence electrons. The average molecular weight is 198 g/mol. The highest BCUT2D eigenvalue weighted by Crippen LogP contribution is 2.32. The zero-order valence-corrected chi connectivity index (χ0v) is 8.99. The van der Waals surface area contributed by atoms with Gasteiger partial charge in [0.2, 0.25) is 0 Å². The summed E-state index contributed by atoms with van der Waals surface area (Å²) >= 11 is 0. The second kappa shape index (κ2) is 4.62. The molecule has 0 bridgehead atoms. The van der Waals surface area contributed by atoms with E-state index in [1.165, 1.54) is 0 Å². The van der Waals surface area contributed by atoms with E-state index in [1.807, 2.05) is 20.8 Å². The second-order valence-corrected chi connectivity index (χ2v) is 3.52. The third-order valence-corrected chi connectivity index (χ3v) is 2.57. The fourth-order valence-corrected chi connectivity index (χ4v) is 1.45. The molecule has 0 amide bonds. The van der Waals surface area contributed by atoms with Crippen molar-refractivity contribution >= 4 is 0 Å². The topological polar surface area (TPSA) is 42.6 Å². The van der Waals surface area contributed by atoms with E-state index in [4.69, 9.17) is 9.15 Å². The van der Waals surface area contributed by atoms with Crippen LogP contribution in [-0.2, 0) is 4.74 Å². The van der Waals surface area contributed by atoms with Gasteiger partial charge in [0, 0.05) is 6.61 Å². The zero-order valence-electron chi connectivity index (χ0n) is 8.99. The molecule has 0 aliphatic heterocycles. The molecule has 0 aromatic carbocycles. The molecule has 1 aromatic heterocycles. The Kier molecular flexibility index (Phi) is 3.72. The van der Waals surface area contributed by atoms with Crippen LogP contribution in [-0.4, -0.2) is 17.3 Å². The van der Waals surface area contributed by atoms with Crippen LogP contribution < -0.4 is 0 Å². The minimum Gasteiger partial charge on any atom is -0.466 e. The summed E-state index contributed by atoms with van der Waals surface area (Å²) in [7, 11) is 0. The van der Waals surface area contributed by atoms with Crippen LogP contribution >= 0.6 is 0 Å². The number of rotatable bonds is 5. The van der Waals surface area contributed by atoms with E-state index in [0.717, 1.165) is 6.42 Å². The Morgan fingerprint density at radius 1 is 1.57 bits per heavy atom. The lowest BCUT2D eigenvalue weighted by Gasteiger charge is -2.32. The van der Waals surface area contributed by atoms with Crippen LogP contribution in [0.2, 0.25) is 0 Å². The molecule has 14 heavy (non-hydrogen) atoms. The molecule has 0 aliphatic rings. The quantitative estimate of drug-likeness (QED) is 0.790. The summed E-state index contributed by atoms with van der Waals surface area (Å²) < 4.78 is 10.7. The third kappa shape index (κ3) is 2.16. The molecule has 0 spiro atoms. The molecule has 0 saturated heterocycles. The maximum absolute atomic E-state index is 10.0. The van der Waals surface area contributed by atoms with Gasteiger partial charge in [-0.25, -0.2) is 0 Å². The lowest BCUT2D eigenvalue weighted by molar-refractivity contribution is -0.119. The fourth-order valence-electron chi connectivity index (χ4n) is 1.45. The van der Waals surface area contributed by atoms with Gasteiger partial charge in [0.05, 0.1) is 11.9 Å². The number of aliphatic hydroxyl groups is 1. The SMILES string of the molecule is CCOC(C)(CC)C(O)c1ccco1. The molecule has 0 fully saturated rings. The van der Waals surface area contributed by atoms with Crippen LogP contribution in [0.4, 0.5) is 0 Å². The first-order chi connectivity index (χ1) is 6.64. The molecule has 0 saturated carbocycles. The Morgan fingerprint density at radius 3 is 2.71 bits per heavy atom. The number of ether oxygens (including phenoxy) is 1. The van der Waals surface area contributed by atoms with Gasteiger partial charge in [-0.05, 0) is 32.4 Å². The first-order valence-electron chi connectivity index (χ1n) is 4.99. The monoisotopic (exact) mass is 198 g/mol. The normalized spacial score (nSPS) is 17.7. The van der Waals surface area contributed by atoms with E-state index in [2.05, 4.69) is 0 Å². The van der Waals surface area contributed by atoms with Gasteiger partial charge in [-0.1, -0.05) is 6.92 Å². The third-order valence-electron chi connectivity index (χ3n) is 2.57. The molecule has 1 N–H and O–H groups in total. The lowest BCUT2D eigenvalue weighted by atomic mass is 9.94. The Balaban J connectivity index is 2.79. The number of furan rings is 1. The van der Waals surface area contributed by atoms with Crippen LogP contribution in [0, 0.1) is 0 Å². The van der Waals surface area contributed by atoms with Gasteiger partial charge < -0.3 is 14.3 Å². The van der Waals surface area contributed by atoms with Crippen molar-refractivity contribution in [2.45, 2.75) is 38.9 Å². The Morgan fingerprint density at radius 2 is 2.29 bits per heavy atom. The summed E-state index contributed by atoms with van der Waals surface area (Å²) in [5.41, 5.74) is -0.563. The molecule has 2 unspecified atom stereocenters. The van der Waals surface area contributed by atoms with Gasteiger partial charge in [0.25, 0.3) is 0 Å². The smallest absolute Gasteiger partial charge is 0.140 e. The molecule has 1 aromatic rings. The standard InChI is InChI=1S/C11H18O3/c1-4-11(3,14-5-2)10(12)9-7-6-8-13-9/h6-8,10,12H,4-5H2,1-3H3. The minimum atomic E-state index is -0.706. The van der Waals surface area contributed by atoms with Crippen molar-refractivity contribution in [2.24, 2.45) is 0 Å². The molecular formula is C11H18O3. The average Bonchev–Trinajstić information content (AvgIpc) is 2.69. The number of hydrogen-bond donors (Lipinski definition) is 1. The van der Waals surface area contributed by atoms with Gasteiger partial charge in [-0.15, -0.1) is 0 Å². The van der Waals surface area contributed by atoms with Crippen molar-refractivity contribution < 1.29 is 14.3 Å². The van der Waals surface area contributed by atoms with Crippen molar-refractivity contribution in [3.63, 3.8) is 0 Å². The van der Waals surface area contributed by atoms with Crippen LogP contribution in [0.3, 0.4) is 0 Å². The van der Waals surface area contributed by atoms with Crippen molar-refractivity contribution in [1.82, 2.24) is 0 Å². The molecule has 3 heteroatoms. The predicted molar refractivity (Wildman–Crippen MR) is 54.0 cm³/mol. The van der Waals surface area contributed by atoms with Gasteiger partial charge in [-0.3, -0.25) is 0 Å². The highest BCUT2D eigenvalue weighted by molar-refractivity contribution is 5.07. The van der Waals surface area contributed by atoms with Gasteiger partial charge in [-0.2, -0.15) is 0 Å². The van der Waals surface area contributed by atoms with E-state index in [0.29, 0.717) is 12.4 Å². The van der Waals surface area contributed by atoms with Crippen LogP contribution in [0.15, 0.2) is 22.8 Å². The molecule has 1 rings (SSSR count). The summed E-state index contributed by atoms with van der Waals surface area (Å²) in [4.78, 5) is 0. The second-order valence-electron chi connectivity index (χ2n) is 3.52. The van der Waals surface area contributed by atoms with Crippen molar-refractivity contribution in [3.05, 3.63) is 24.2 Å². The van der Waals surface area contributed by atoms with Crippen LogP contribution in [0.1, 0.15) is 39.1 Å². The minimum absolute atomic E-state index is 0.558. The molecule has 1 heterocycles. The van der Waals surface area contributed by atoms with E-state index in [-0.39, 0.29) is 0 Å². The van der Waals surface area contributed by atoms with Crippen molar-refractivity contribution in [1.29, 1.82) is 0 Å². The Labute approximate surface area is 84.7 Å². The van der Waals surface area contributed by atoms with E-state index >= 15 is 0 Å². The molecule has 0 radical (unpaired) electrons. The van der Waals surface area contributed by atoms with Gasteiger partial charge in [0.1, 0.15) is 11.9 Å². The predicted octanol–water partition coefficient (Wildman–Crippen LogP) is 2.52. The molecular weight excluding hydrogens is 180 g/mol. The van der Waals surface area contributed by atoms with Crippen molar-refractivity contribution in [3.8, 4) is 0 Å². The first-order valence-corrected chi connectivity index (χ1v) is 4.99. The highest BCUT2D eigenvalue weighted by Gasteiger charge is 2.34. The Hall–Kier alpha value is -0.800.